The van der Waals surface area contributed by atoms with Gasteiger partial charge < -0.3 is 9.80 Å². The third kappa shape index (κ3) is 8.07. The van der Waals surface area contributed by atoms with E-state index >= 15 is 0 Å². The summed E-state index contributed by atoms with van der Waals surface area (Å²) >= 11 is 0. The summed E-state index contributed by atoms with van der Waals surface area (Å²) in [5, 5.41) is 2.30. The molecule has 350 valence electrons. The van der Waals surface area contributed by atoms with Crippen molar-refractivity contribution in [2.24, 2.45) is 0 Å². The molecule has 0 unspecified atom stereocenters. The molecule has 1 aliphatic heterocycles. The molecule has 0 spiro atoms. The zero-order valence-electron chi connectivity index (χ0n) is 41.5. The molecule has 0 N–H and O–H groups in total. The van der Waals surface area contributed by atoms with E-state index in [-0.39, 0.29) is 10.8 Å². The van der Waals surface area contributed by atoms with Gasteiger partial charge in [-0.25, -0.2) is 19.9 Å². The van der Waals surface area contributed by atoms with Crippen LogP contribution in [0.15, 0.2) is 212 Å². The van der Waals surface area contributed by atoms with Gasteiger partial charge >= 0.3 is 0 Å². The number of para-hydroxylation sites is 4. The van der Waals surface area contributed by atoms with Crippen LogP contribution in [0.4, 0.5) is 22.7 Å². The maximum Gasteiger partial charge on any atom is 0.164 e. The van der Waals surface area contributed by atoms with E-state index < -0.39 is 0 Å². The molecule has 8 aromatic carbocycles. The fraction of sp³-hybridized carbons (Fsp3) is 0.138. The Bertz CT molecular complexity index is 3750. The standard InChI is InChI=1S/C65H55N7/c1-64(2,3)48-34-31-45(32-35-48)61-67-62(69-63(68-61)47-33-36-54-53-25-13-14-28-55(53)72(58(54)40-47)59-41-49(37-38-66-59)65(4,5)6)46-23-17-24-50(39-46)70-42-71(57-30-16-15-29-56(57)70)60-51(43-19-9-7-10-20-43)26-18-27-52(60)44-21-11-8-12-22-44/h7-41H,42H2,1-6H3. The average Bonchev–Trinajstić information content (AvgIpc) is 3.97. The number of hydrogen-bond donors (Lipinski definition) is 0. The largest absolute Gasteiger partial charge is 0.321 e. The second kappa shape index (κ2) is 17.6. The first kappa shape index (κ1) is 44.5. The lowest BCUT2D eigenvalue weighted by atomic mass is 9.87. The summed E-state index contributed by atoms with van der Waals surface area (Å²) in [6, 6.07) is 73.6. The SMILES string of the molecule is CC(C)(C)c1ccc(-c2nc(-c3cccc(N4CN(c5c(-c6ccccc6)cccc5-c5ccccc5)c5ccccc54)c3)nc(-c3ccc4c5ccccc5n(-c5cc(C(C)(C)C)ccn5)c4c3)n2)cc1. The van der Waals surface area contributed by atoms with Crippen molar-refractivity contribution in [3.63, 3.8) is 0 Å². The molecule has 4 heterocycles. The fourth-order valence-electron chi connectivity index (χ4n) is 10.2. The van der Waals surface area contributed by atoms with E-state index in [1.54, 1.807) is 0 Å². The minimum atomic E-state index is -0.0427. The molecule has 0 saturated carbocycles. The summed E-state index contributed by atoms with van der Waals surface area (Å²) in [5.74, 6) is 2.69. The quantitative estimate of drug-likeness (QED) is 0.151. The van der Waals surface area contributed by atoms with Crippen LogP contribution >= 0.6 is 0 Å². The van der Waals surface area contributed by atoms with Crippen LogP contribution in [-0.4, -0.2) is 31.2 Å². The number of hydrogen-bond acceptors (Lipinski definition) is 6. The van der Waals surface area contributed by atoms with Gasteiger partial charge in [-0.3, -0.25) is 4.57 Å². The number of anilines is 4. The summed E-state index contributed by atoms with van der Waals surface area (Å²) in [7, 11) is 0. The van der Waals surface area contributed by atoms with E-state index in [9.17, 15) is 0 Å². The Morgan fingerprint density at radius 3 is 1.57 bits per heavy atom. The minimum Gasteiger partial charge on any atom is -0.321 e. The maximum absolute atomic E-state index is 5.35. The van der Waals surface area contributed by atoms with Crippen molar-refractivity contribution in [1.82, 2.24) is 24.5 Å². The molecule has 72 heavy (non-hydrogen) atoms. The molecule has 3 aromatic heterocycles. The molecule has 0 atom stereocenters. The molecule has 0 fully saturated rings. The van der Waals surface area contributed by atoms with Crippen LogP contribution in [0, 0.1) is 0 Å². The van der Waals surface area contributed by atoms with E-state index in [0.717, 1.165) is 61.4 Å². The van der Waals surface area contributed by atoms with Gasteiger partial charge in [0.1, 0.15) is 12.5 Å². The summed E-state index contributed by atoms with van der Waals surface area (Å²) in [6.45, 7) is 14.0. The normalized spacial score (nSPS) is 12.8. The lowest BCUT2D eigenvalue weighted by Crippen LogP contribution is -2.25. The number of fused-ring (bicyclic) bond motifs is 4. The molecule has 7 nitrogen and oxygen atoms in total. The molecular formula is C65H55N7. The van der Waals surface area contributed by atoms with Gasteiger partial charge in [-0.1, -0.05) is 199 Å². The Balaban J connectivity index is 0.996. The van der Waals surface area contributed by atoms with Gasteiger partial charge in [0.25, 0.3) is 0 Å². The van der Waals surface area contributed by atoms with Crippen molar-refractivity contribution < 1.29 is 0 Å². The molecule has 1 aliphatic rings. The van der Waals surface area contributed by atoms with Crippen molar-refractivity contribution >= 4 is 44.6 Å². The maximum atomic E-state index is 5.35. The fourth-order valence-corrected chi connectivity index (χ4v) is 10.2. The van der Waals surface area contributed by atoms with E-state index in [1.807, 2.05) is 6.20 Å². The van der Waals surface area contributed by atoms with Crippen LogP contribution in [0.1, 0.15) is 52.7 Å². The molecule has 12 rings (SSSR count). The summed E-state index contributed by atoms with van der Waals surface area (Å²) in [5.41, 5.74) is 16.4. The van der Waals surface area contributed by atoms with Crippen molar-refractivity contribution in [2.45, 2.75) is 52.4 Å². The van der Waals surface area contributed by atoms with E-state index in [1.165, 1.54) is 39.1 Å². The first-order chi connectivity index (χ1) is 35.0. The van der Waals surface area contributed by atoms with Gasteiger partial charge in [0.15, 0.2) is 17.5 Å². The second-order valence-electron chi connectivity index (χ2n) is 20.8. The number of nitrogens with zero attached hydrogens (tertiary/aromatic N) is 7. The minimum absolute atomic E-state index is 0.0000244. The van der Waals surface area contributed by atoms with Gasteiger partial charge in [0.2, 0.25) is 0 Å². The smallest absolute Gasteiger partial charge is 0.164 e. The topological polar surface area (TPSA) is 63.0 Å². The third-order valence-electron chi connectivity index (χ3n) is 14.1. The van der Waals surface area contributed by atoms with Crippen LogP contribution in [0.5, 0.6) is 0 Å². The zero-order valence-corrected chi connectivity index (χ0v) is 41.5. The Hall–Kier alpha value is -8.68. The van der Waals surface area contributed by atoms with Crippen LogP contribution in [0.2, 0.25) is 0 Å². The molecule has 0 amide bonds. The van der Waals surface area contributed by atoms with Gasteiger partial charge in [0.05, 0.1) is 28.1 Å². The predicted octanol–water partition coefficient (Wildman–Crippen LogP) is 16.5. The van der Waals surface area contributed by atoms with Crippen molar-refractivity contribution in [2.75, 3.05) is 16.5 Å². The Kier molecular flexibility index (Phi) is 10.9. The zero-order chi connectivity index (χ0) is 49.1. The van der Waals surface area contributed by atoms with E-state index in [4.69, 9.17) is 19.9 Å². The van der Waals surface area contributed by atoms with E-state index in [0.29, 0.717) is 24.1 Å². The van der Waals surface area contributed by atoms with Gasteiger partial charge in [0, 0.05) is 50.5 Å². The lowest BCUT2D eigenvalue weighted by Gasteiger charge is -2.27. The lowest BCUT2D eigenvalue weighted by molar-refractivity contribution is 0.588. The van der Waals surface area contributed by atoms with Crippen LogP contribution in [-0.2, 0) is 10.8 Å². The Morgan fingerprint density at radius 1 is 0.389 bits per heavy atom. The van der Waals surface area contributed by atoms with Gasteiger partial charge in [-0.05, 0) is 81.6 Å². The van der Waals surface area contributed by atoms with Crippen molar-refractivity contribution in [1.29, 1.82) is 0 Å². The summed E-state index contributed by atoms with van der Waals surface area (Å²) < 4.78 is 2.28. The van der Waals surface area contributed by atoms with Crippen LogP contribution in [0.25, 0.3) is 84.0 Å². The number of aromatic nitrogens is 5. The first-order valence-electron chi connectivity index (χ1n) is 24.8. The van der Waals surface area contributed by atoms with Crippen molar-refractivity contribution in [3.8, 4) is 62.2 Å². The second-order valence-corrected chi connectivity index (χ2v) is 20.8. The molecule has 7 heteroatoms. The van der Waals surface area contributed by atoms with Crippen LogP contribution < -0.4 is 9.80 Å². The number of rotatable bonds is 8. The Labute approximate surface area is 421 Å². The molecular weight excluding hydrogens is 879 g/mol. The number of benzene rings is 8. The van der Waals surface area contributed by atoms with Gasteiger partial charge in [-0.2, -0.15) is 0 Å². The predicted molar refractivity (Wildman–Crippen MR) is 299 cm³/mol. The Morgan fingerprint density at radius 2 is 0.917 bits per heavy atom. The molecule has 11 aromatic rings. The molecule has 0 aliphatic carbocycles. The summed E-state index contributed by atoms with van der Waals surface area (Å²) in [6.07, 6.45) is 1.92. The molecule has 0 bridgehead atoms. The monoisotopic (exact) mass is 933 g/mol. The van der Waals surface area contributed by atoms with Crippen LogP contribution in [0.3, 0.4) is 0 Å². The molecule has 0 saturated heterocycles. The third-order valence-corrected chi connectivity index (χ3v) is 14.1. The van der Waals surface area contributed by atoms with Crippen molar-refractivity contribution in [3.05, 3.63) is 224 Å². The highest BCUT2D eigenvalue weighted by Crippen LogP contribution is 2.50. The highest BCUT2D eigenvalue weighted by atomic mass is 15.4. The average molecular weight is 934 g/mol. The highest BCUT2D eigenvalue weighted by molar-refractivity contribution is 6.10. The highest BCUT2D eigenvalue weighted by Gasteiger charge is 2.32. The number of pyridine rings is 1. The first-order valence-corrected chi connectivity index (χ1v) is 24.8. The van der Waals surface area contributed by atoms with Gasteiger partial charge in [-0.15, -0.1) is 0 Å². The summed E-state index contributed by atoms with van der Waals surface area (Å²) in [4.78, 5) is 25.7. The molecule has 0 radical (unpaired) electrons. The van der Waals surface area contributed by atoms with E-state index in [2.05, 4.69) is 262 Å².